The van der Waals surface area contributed by atoms with Crippen LogP contribution in [-0.2, 0) is 19.6 Å². The first-order valence-electron chi connectivity index (χ1n) is 12.6. The predicted octanol–water partition coefficient (Wildman–Crippen LogP) is 2.25. The highest BCUT2D eigenvalue weighted by Crippen LogP contribution is 2.36. The van der Waals surface area contributed by atoms with Crippen LogP contribution in [0.2, 0.25) is 0 Å². The summed E-state index contributed by atoms with van der Waals surface area (Å²) in [5, 5.41) is 16.2. The minimum Gasteiger partial charge on any atom is -0.384 e. The molecule has 2 heterocycles. The van der Waals surface area contributed by atoms with E-state index >= 15 is 0 Å². The van der Waals surface area contributed by atoms with Gasteiger partial charge in [-0.05, 0) is 64.0 Å². The third-order valence-corrected chi connectivity index (χ3v) is 8.70. The van der Waals surface area contributed by atoms with Gasteiger partial charge in [0.1, 0.15) is 16.7 Å². The fourth-order valence-electron chi connectivity index (χ4n) is 5.40. The Morgan fingerprint density at radius 2 is 2.03 bits per heavy atom. The van der Waals surface area contributed by atoms with Crippen LogP contribution in [0.3, 0.4) is 0 Å². The minimum atomic E-state index is -4.17. The molecule has 9 nitrogen and oxygen atoms in total. The zero-order valence-electron chi connectivity index (χ0n) is 20.3. The van der Waals surface area contributed by atoms with Crippen LogP contribution in [0.5, 0.6) is 0 Å². The first-order chi connectivity index (χ1) is 16.7. The Balaban J connectivity index is 1.65. The highest BCUT2D eigenvalue weighted by molar-refractivity contribution is 7.90. The second-order valence-corrected chi connectivity index (χ2v) is 11.5. The van der Waals surface area contributed by atoms with Crippen LogP contribution in [0.25, 0.3) is 0 Å². The number of rotatable bonds is 3. The molecule has 0 radical (unpaired) electrons. The van der Waals surface area contributed by atoms with E-state index in [0.29, 0.717) is 38.0 Å². The van der Waals surface area contributed by atoms with Gasteiger partial charge in [0.15, 0.2) is 0 Å². The van der Waals surface area contributed by atoms with Crippen LogP contribution in [0.1, 0.15) is 64.7 Å². The molecule has 3 atom stereocenters. The molecule has 10 heteroatoms. The van der Waals surface area contributed by atoms with Crippen LogP contribution in [0.4, 0.5) is 5.69 Å². The lowest BCUT2D eigenvalue weighted by atomic mass is 9.95. The number of nitrogens with zero attached hydrogens (tertiary/aromatic N) is 1. The van der Waals surface area contributed by atoms with Gasteiger partial charge in [-0.3, -0.25) is 14.5 Å². The number of allylic oxidation sites excluding steroid dienone is 1. The standard InChI is InChI=1S/C25H36N4O5S/c1-18(30)29-16-8-11-21(29)23(31)27-25-14-13-19(17-25)9-4-2-3-7-15-26-20-10-5-6-12-22(20)35(33,34)28-24(25)32/h5-6,9-10,12,18,21,26,30H,2-4,7-8,11,13-17H2,1H3,(H,27,31)(H,28,32)/b19-9-/t18?,21-,25+/m0/s1. The molecule has 4 N–H and O–H groups in total. The van der Waals surface area contributed by atoms with Gasteiger partial charge in [0.2, 0.25) is 5.91 Å². The maximum absolute atomic E-state index is 13.6. The topological polar surface area (TPSA) is 128 Å². The van der Waals surface area contributed by atoms with Crippen molar-refractivity contribution in [3.05, 3.63) is 35.9 Å². The van der Waals surface area contributed by atoms with Gasteiger partial charge in [-0.2, -0.15) is 0 Å². The molecule has 1 saturated heterocycles. The number of fused-ring (bicyclic) bond motifs is 3. The number of hydrogen-bond donors (Lipinski definition) is 4. The van der Waals surface area contributed by atoms with E-state index < -0.39 is 33.7 Å². The van der Waals surface area contributed by atoms with Crippen LogP contribution >= 0.6 is 0 Å². The Kier molecular flexibility index (Phi) is 7.83. The van der Waals surface area contributed by atoms with E-state index in [-0.39, 0.29) is 17.2 Å². The van der Waals surface area contributed by atoms with Crippen molar-refractivity contribution in [3.63, 3.8) is 0 Å². The number of para-hydroxylation sites is 1. The monoisotopic (exact) mass is 504 g/mol. The Hall–Kier alpha value is -2.43. The van der Waals surface area contributed by atoms with Gasteiger partial charge < -0.3 is 15.7 Å². The van der Waals surface area contributed by atoms with Crippen molar-refractivity contribution in [2.75, 3.05) is 18.4 Å². The molecule has 1 aliphatic carbocycles. The first kappa shape index (κ1) is 25.7. The van der Waals surface area contributed by atoms with E-state index in [0.717, 1.165) is 37.7 Å². The number of likely N-dealkylation sites (tertiary alicyclic amines) is 1. The molecule has 0 spiro atoms. The number of aliphatic hydroxyl groups is 1. The van der Waals surface area contributed by atoms with Crippen molar-refractivity contribution < 1.29 is 23.1 Å². The summed E-state index contributed by atoms with van der Waals surface area (Å²) in [7, 11) is -4.17. The lowest BCUT2D eigenvalue weighted by molar-refractivity contribution is -0.136. The van der Waals surface area contributed by atoms with E-state index in [2.05, 4.69) is 21.4 Å². The molecule has 192 valence electrons. The number of carbonyl (C=O) groups is 2. The summed E-state index contributed by atoms with van der Waals surface area (Å²) in [6.07, 6.45) is 7.72. The zero-order valence-corrected chi connectivity index (χ0v) is 21.1. The fourth-order valence-corrected chi connectivity index (χ4v) is 6.64. The Morgan fingerprint density at radius 1 is 1.23 bits per heavy atom. The average Bonchev–Trinajstić information content (AvgIpc) is 3.46. The summed E-state index contributed by atoms with van der Waals surface area (Å²) in [6, 6.07) is 5.98. The van der Waals surface area contributed by atoms with Crippen LogP contribution < -0.4 is 15.4 Å². The number of hydrogen-bond acceptors (Lipinski definition) is 7. The van der Waals surface area contributed by atoms with Gasteiger partial charge in [-0.1, -0.05) is 30.2 Å². The minimum absolute atomic E-state index is 0.00883. The van der Waals surface area contributed by atoms with Crippen molar-refractivity contribution >= 4 is 27.5 Å². The van der Waals surface area contributed by atoms with E-state index in [4.69, 9.17) is 0 Å². The van der Waals surface area contributed by atoms with Crippen LogP contribution in [-0.4, -0.2) is 61.1 Å². The second-order valence-electron chi connectivity index (χ2n) is 9.85. The van der Waals surface area contributed by atoms with Crippen LogP contribution in [0, 0.1) is 0 Å². The first-order valence-corrected chi connectivity index (χ1v) is 14.0. The summed E-state index contributed by atoms with van der Waals surface area (Å²) in [5.74, 6) is -1.07. The average molecular weight is 505 g/mol. The van der Waals surface area contributed by atoms with Crippen molar-refractivity contribution in [2.24, 2.45) is 0 Å². The quantitative estimate of drug-likeness (QED) is 0.465. The van der Waals surface area contributed by atoms with Gasteiger partial charge in [0.05, 0.1) is 11.7 Å². The van der Waals surface area contributed by atoms with Gasteiger partial charge in [0.25, 0.3) is 15.9 Å². The fraction of sp³-hybridized carbons (Fsp3) is 0.600. The number of aliphatic hydroxyl groups excluding tert-OH is 1. The van der Waals surface area contributed by atoms with Gasteiger partial charge >= 0.3 is 0 Å². The SMILES string of the molecule is CC(O)N1CCC[C@H]1C(=O)N[C@@]12CC/C(=C/CCCCCNc3ccccc3S(=O)(=O)NC1=O)C2. The molecule has 1 aromatic carbocycles. The molecule has 0 aromatic heterocycles. The van der Waals surface area contributed by atoms with Crippen LogP contribution in [0.15, 0.2) is 40.8 Å². The number of benzene rings is 1. The Morgan fingerprint density at radius 3 is 2.83 bits per heavy atom. The molecule has 2 fully saturated rings. The molecule has 3 aliphatic rings. The molecule has 1 aromatic rings. The molecular weight excluding hydrogens is 468 g/mol. The molecule has 2 aliphatic heterocycles. The highest BCUT2D eigenvalue weighted by Gasteiger charge is 2.48. The zero-order chi connectivity index (χ0) is 25.1. The molecule has 2 bridgehead atoms. The summed E-state index contributed by atoms with van der Waals surface area (Å²) >= 11 is 0. The van der Waals surface area contributed by atoms with Crippen molar-refractivity contribution in [2.45, 2.75) is 87.4 Å². The van der Waals surface area contributed by atoms with E-state index in [9.17, 15) is 23.1 Å². The highest BCUT2D eigenvalue weighted by atomic mass is 32.2. The van der Waals surface area contributed by atoms with Gasteiger partial charge in [0, 0.05) is 19.5 Å². The number of sulfonamides is 1. The number of anilines is 1. The third-order valence-electron chi connectivity index (χ3n) is 7.31. The summed E-state index contributed by atoms with van der Waals surface area (Å²) < 4.78 is 28.9. The summed E-state index contributed by atoms with van der Waals surface area (Å²) in [6.45, 7) is 2.85. The maximum Gasteiger partial charge on any atom is 0.266 e. The molecule has 35 heavy (non-hydrogen) atoms. The second kappa shape index (κ2) is 10.7. The lowest BCUT2D eigenvalue weighted by Crippen LogP contribution is -2.61. The van der Waals surface area contributed by atoms with Gasteiger partial charge in [-0.25, -0.2) is 13.1 Å². The predicted molar refractivity (Wildman–Crippen MR) is 133 cm³/mol. The van der Waals surface area contributed by atoms with Crippen molar-refractivity contribution in [1.82, 2.24) is 14.9 Å². The summed E-state index contributed by atoms with van der Waals surface area (Å²) in [5.41, 5.74) is 0.153. The number of carbonyl (C=O) groups excluding carboxylic acids is 2. The maximum atomic E-state index is 13.6. The lowest BCUT2D eigenvalue weighted by Gasteiger charge is -2.33. The van der Waals surface area contributed by atoms with Gasteiger partial charge in [-0.15, -0.1) is 0 Å². The van der Waals surface area contributed by atoms with E-state index in [1.54, 1.807) is 30.0 Å². The molecule has 2 amide bonds. The smallest absolute Gasteiger partial charge is 0.266 e. The number of nitrogens with one attached hydrogen (secondary N) is 3. The van der Waals surface area contributed by atoms with Crippen molar-refractivity contribution in [1.29, 1.82) is 0 Å². The largest absolute Gasteiger partial charge is 0.384 e. The van der Waals surface area contributed by atoms with Crippen molar-refractivity contribution in [3.8, 4) is 0 Å². The number of amides is 2. The summed E-state index contributed by atoms with van der Waals surface area (Å²) in [4.78, 5) is 28.6. The molecule has 1 saturated carbocycles. The molecule has 4 rings (SSSR count). The van der Waals surface area contributed by atoms with E-state index in [1.165, 1.54) is 6.07 Å². The van der Waals surface area contributed by atoms with E-state index in [1.807, 2.05) is 0 Å². The Labute approximate surface area is 207 Å². The third kappa shape index (κ3) is 5.70. The normalized spacial score (nSPS) is 29.9. The Bertz CT molecular complexity index is 1090. The molecular formula is C25H36N4O5S. The molecule has 1 unspecified atom stereocenters.